The van der Waals surface area contributed by atoms with Crippen molar-refractivity contribution >= 4 is 36.0 Å². The number of hydrogen-bond acceptors (Lipinski definition) is 4. The maximum Gasteiger partial charge on any atom is 0.251 e. The predicted molar refractivity (Wildman–Crippen MR) is 110 cm³/mol. The molecule has 0 amide bonds. The van der Waals surface area contributed by atoms with E-state index in [1.807, 2.05) is 0 Å². The number of nitrogens with one attached hydrogen (secondary N) is 1. The summed E-state index contributed by atoms with van der Waals surface area (Å²) in [5.74, 6) is -2.73. The molecule has 0 radical (unpaired) electrons. The zero-order chi connectivity index (χ0) is 22.0. The number of primary sulfonamides is 1. The summed E-state index contributed by atoms with van der Waals surface area (Å²) in [6, 6.07) is 10.5. The molecule has 3 rings (SSSR count). The van der Waals surface area contributed by atoms with Crippen LogP contribution in [0, 0.1) is 13.8 Å². The first kappa shape index (κ1) is 23.9. The fraction of sp³-hybridized carbons (Fsp3) is 0.333. The average molecular weight is 511 g/mol. The fourth-order valence-corrected chi connectivity index (χ4v) is 5.04. The van der Waals surface area contributed by atoms with E-state index in [0.717, 1.165) is 10.0 Å². The van der Waals surface area contributed by atoms with Crippen LogP contribution in [0.3, 0.4) is 0 Å². The van der Waals surface area contributed by atoms with Gasteiger partial charge in [0.05, 0.1) is 9.79 Å². The molecule has 0 unspecified atom stereocenters. The Labute approximate surface area is 177 Å². The van der Waals surface area contributed by atoms with Crippen molar-refractivity contribution in [2.45, 2.75) is 48.4 Å². The third-order valence-corrected chi connectivity index (χ3v) is 7.73. The first-order valence-electron chi connectivity index (χ1n) is 8.46. The third kappa shape index (κ3) is 6.54. The number of rotatable bonds is 4. The normalized spacial score (nSPS) is 16.5. The van der Waals surface area contributed by atoms with E-state index in [1.54, 1.807) is 38.1 Å². The minimum absolute atomic E-state index is 0.0958. The Morgan fingerprint density at radius 2 is 1.62 bits per heavy atom. The topological polar surface area (TPSA) is 106 Å². The summed E-state index contributed by atoms with van der Waals surface area (Å²) >= 11 is 3.27. The number of alkyl halides is 2. The van der Waals surface area contributed by atoms with Gasteiger partial charge in [0, 0.05) is 23.4 Å². The molecule has 3 N–H and O–H groups in total. The summed E-state index contributed by atoms with van der Waals surface area (Å²) in [5, 5.41) is 4.93. The van der Waals surface area contributed by atoms with E-state index in [0.29, 0.717) is 5.56 Å². The lowest BCUT2D eigenvalue weighted by atomic mass is 9.89. The molecule has 0 saturated heterocycles. The number of benzene rings is 2. The van der Waals surface area contributed by atoms with E-state index in [-0.39, 0.29) is 9.79 Å². The van der Waals surface area contributed by atoms with Crippen LogP contribution in [0.25, 0.3) is 0 Å². The zero-order valence-electron chi connectivity index (χ0n) is 15.7. The number of nitrogens with two attached hydrogens (primary N) is 1. The summed E-state index contributed by atoms with van der Waals surface area (Å²) in [4.78, 5) is 0.290. The lowest BCUT2D eigenvalue weighted by Crippen LogP contribution is -2.50. The van der Waals surface area contributed by atoms with Gasteiger partial charge in [-0.3, -0.25) is 0 Å². The molecule has 0 heterocycles. The highest BCUT2D eigenvalue weighted by atomic mass is 79.9. The summed E-state index contributed by atoms with van der Waals surface area (Å²) in [6.45, 7) is 3.47. The second-order valence-corrected chi connectivity index (χ2v) is 10.9. The monoisotopic (exact) mass is 510 g/mol. The standard InChI is InChI=1S/C11H12BrF2NO2S.C7H9NO2S/c1-7-4-9(2-3-10(7)12)18(16,17)15-8-5-11(13,14)6-8;1-6-4-2-3-5-7(6)11(8,9)10/h2-4,8,15H,5-6H2,1H3;2-5H,1H3,(H2,8,9,10). The van der Waals surface area contributed by atoms with Crippen LogP contribution in [-0.4, -0.2) is 28.8 Å². The minimum Gasteiger partial charge on any atom is -0.225 e. The van der Waals surface area contributed by atoms with Crippen LogP contribution in [0.15, 0.2) is 56.7 Å². The predicted octanol–water partition coefficient (Wildman–Crippen LogP) is 3.48. The maximum atomic E-state index is 12.6. The maximum absolute atomic E-state index is 12.6. The molecule has 1 fully saturated rings. The first-order valence-corrected chi connectivity index (χ1v) is 12.3. The molecule has 6 nitrogen and oxygen atoms in total. The van der Waals surface area contributed by atoms with Crippen molar-refractivity contribution in [3.05, 3.63) is 58.1 Å². The van der Waals surface area contributed by atoms with Crippen molar-refractivity contribution < 1.29 is 25.6 Å². The summed E-state index contributed by atoms with van der Waals surface area (Å²) in [5.41, 5.74) is 1.45. The Morgan fingerprint density at radius 3 is 2.07 bits per heavy atom. The van der Waals surface area contributed by atoms with Gasteiger partial charge in [-0.15, -0.1) is 0 Å². The molecule has 0 atom stereocenters. The van der Waals surface area contributed by atoms with Crippen LogP contribution < -0.4 is 9.86 Å². The molecular formula is C18H21BrF2N2O4S2. The smallest absolute Gasteiger partial charge is 0.225 e. The molecule has 2 aromatic rings. The second kappa shape index (κ2) is 8.76. The Kier molecular flexibility index (Phi) is 7.21. The van der Waals surface area contributed by atoms with Gasteiger partial charge in [-0.1, -0.05) is 34.1 Å². The Hall–Kier alpha value is -1.40. The highest BCUT2D eigenvalue weighted by molar-refractivity contribution is 9.10. The largest absolute Gasteiger partial charge is 0.251 e. The van der Waals surface area contributed by atoms with Crippen LogP contribution in [0.2, 0.25) is 0 Å². The summed E-state index contributed by atoms with van der Waals surface area (Å²) < 4.78 is 73.9. The molecule has 11 heteroatoms. The number of sulfonamides is 2. The van der Waals surface area contributed by atoms with Crippen molar-refractivity contribution in [3.63, 3.8) is 0 Å². The first-order chi connectivity index (χ1) is 13.2. The highest BCUT2D eigenvalue weighted by Crippen LogP contribution is 2.38. The zero-order valence-corrected chi connectivity index (χ0v) is 18.9. The molecule has 0 spiro atoms. The van der Waals surface area contributed by atoms with Crippen LogP contribution in [-0.2, 0) is 20.0 Å². The number of aryl methyl sites for hydroxylation is 2. The minimum atomic E-state index is -3.71. The van der Waals surface area contributed by atoms with Crippen molar-refractivity contribution in [1.29, 1.82) is 0 Å². The summed E-state index contributed by atoms with van der Waals surface area (Å²) in [7, 11) is -7.25. The molecule has 0 bridgehead atoms. The lowest BCUT2D eigenvalue weighted by molar-refractivity contribution is -0.0876. The fourth-order valence-electron chi connectivity index (χ4n) is 2.69. The second-order valence-electron chi connectivity index (χ2n) is 6.80. The highest BCUT2D eigenvalue weighted by Gasteiger charge is 2.46. The molecule has 2 aromatic carbocycles. The van der Waals surface area contributed by atoms with Crippen LogP contribution in [0.5, 0.6) is 0 Å². The quantitative estimate of drug-likeness (QED) is 0.656. The van der Waals surface area contributed by atoms with Gasteiger partial charge in [-0.2, -0.15) is 0 Å². The third-order valence-electron chi connectivity index (χ3n) is 4.25. The van der Waals surface area contributed by atoms with Crippen molar-refractivity contribution in [1.82, 2.24) is 4.72 Å². The van der Waals surface area contributed by atoms with Gasteiger partial charge in [0.2, 0.25) is 20.0 Å². The number of hydrogen-bond donors (Lipinski definition) is 2. The van der Waals surface area contributed by atoms with E-state index in [9.17, 15) is 25.6 Å². The molecule has 160 valence electrons. The van der Waals surface area contributed by atoms with Crippen LogP contribution in [0.1, 0.15) is 24.0 Å². The molecule has 0 aliphatic heterocycles. The summed E-state index contributed by atoms with van der Waals surface area (Å²) in [6.07, 6.45) is -0.858. The lowest BCUT2D eigenvalue weighted by Gasteiger charge is -2.34. The van der Waals surface area contributed by atoms with E-state index in [1.165, 1.54) is 18.2 Å². The molecule has 1 saturated carbocycles. The van der Waals surface area contributed by atoms with E-state index in [4.69, 9.17) is 5.14 Å². The Balaban J connectivity index is 0.000000234. The van der Waals surface area contributed by atoms with Crippen LogP contribution in [0.4, 0.5) is 8.78 Å². The van der Waals surface area contributed by atoms with Gasteiger partial charge in [0.15, 0.2) is 0 Å². The van der Waals surface area contributed by atoms with Crippen molar-refractivity contribution in [2.75, 3.05) is 0 Å². The van der Waals surface area contributed by atoms with Crippen LogP contribution >= 0.6 is 15.9 Å². The molecule has 29 heavy (non-hydrogen) atoms. The van der Waals surface area contributed by atoms with Gasteiger partial charge < -0.3 is 0 Å². The molecular weight excluding hydrogens is 490 g/mol. The number of halogens is 3. The van der Waals surface area contributed by atoms with Gasteiger partial charge in [-0.25, -0.2) is 35.5 Å². The van der Waals surface area contributed by atoms with Crippen molar-refractivity contribution in [3.8, 4) is 0 Å². The Morgan fingerprint density at radius 1 is 1.03 bits per heavy atom. The van der Waals surface area contributed by atoms with E-state index in [2.05, 4.69) is 20.7 Å². The van der Waals surface area contributed by atoms with Gasteiger partial charge in [0.1, 0.15) is 0 Å². The van der Waals surface area contributed by atoms with E-state index < -0.39 is 44.9 Å². The van der Waals surface area contributed by atoms with E-state index >= 15 is 0 Å². The average Bonchev–Trinajstić information content (AvgIpc) is 2.55. The van der Waals surface area contributed by atoms with Crippen molar-refractivity contribution in [2.24, 2.45) is 5.14 Å². The van der Waals surface area contributed by atoms with Gasteiger partial charge in [-0.05, 0) is 49.2 Å². The molecule has 1 aliphatic rings. The molecule has 0 aromatic heterocycles. The Bertz CT molecular complexity index is 1100. The SMILES string of the molecule is Cc1cc(S(=O)(=O)NC2CC(F)(F)C2)ccc1Br.Cc1ccccc1S(N)(=O)=O. The molecule has 1 aliphatic carbocycles. The van der Waals surface area contributed by atoms with Gasteiger partial charge in [0.25, 0.3) is 5.92 Å². The van der Waals surface area contributed by atoms with Gasteiger partial charge >= 0.3 is 0 Å².